The second-order valence-corrected chi connectivity index (χ2v) is 6.37. The van der Waals surface area contributed by atoms with E-state index in [1.807, 2.05) is 0 Å². The van der Waals surface area contributed by atoms with E-state index in [0.717, 1.165) is 6.42 Å². The molecule has 7 nitrogen and oxygen atoms in total. The molecular formula is C16H17ClFN5O2. The van der Waals surface area contributed by atoms with Crippen LogP contribution in [0.15, 0.2) is 23.4 Å². The van der Waals surface area contributed by atoms with E-state index < -0.39 is 11.7 Å². The van der Waals surface area contributed by atoms with Gasteiger partial charge >= 0.3 is 0 Å². The highest BCUT2D eigenvalue weighted by Gasteiger charge is 2.31. The van der Waals surface area contributed by atoms with Crippen LogP contribution in [0, 0.1) is 5.82 Å². The quantitative estimate of drug-likeness (QED) is 0.573. The number of nitrogens with two attached hydrogens (primary N) is 1. The zero-order valence-corrected chi connectivity index (χ0v) is 14.2. The fourth-order valence-electron chi connectivity index (χ4n) is 3.00. The molecule has 25 heavy (non-hydrogen) atoms. The van der Waals surface area contributed by atoms with Crippen molar-refractivity contribution in [2.24, 2.45) is 12.2 Å². The van der Waals surface area contributed by atoms with Gasteiger partial charge in [0.2, 0.25) is 0 Å². The smallest absolute Gasteiger partial charge is 0.261 e. The number of benzene rings is 1. The first-order valence-corrected chi connectivity index (χ1v) is 8.07. The highest BCUT2D eigenvalue weighted by molar-refractivity contribution is 6.31. The normalized spacial score (nSPS) is 18.7. The van der Waals surface area contributed by atoms with Gasteiger partial charge in [-0.3, -0.25) is 9.48 Å². The number of nitrogens with one attached hydrogen (secondary N) is 1. The molecule has 132 valence electrons. The fraction of sp³-hybridized carbons (Fsp3) is 0.312. The Morgan fingerprint density at radius 2 is 2.32 bits per heavy atom. The molecule has 2 aromatic rings. The minimum absolute atomic E-state index is 0.0491. The summed E-state index contributed by atoms with van der Waals surface area (Å²) in [5.41, 5.74) is 7.88. The summed E-state index contributed by atoms with van der Waals surface area (Å²) in [5.74, 6) is -0.831. The zero-order chi connectivity index (χ0) is 18.1. The van der Waals surface area contributed by atoms with E-state index in [1.54, 1.807) is 7.05 Å². The van der Waals surface area contributed by atoms with Crippen molar-refractivity contribution >= 4 is 34.7 Å². The monoisotopic (exact) mass is 365 g/mol. The molecule has 0 bridgehead atoms. The van der Waals surface area contributed by atoms with Gasteiger partial charge in [-0.05, 0) is 37.5 Å². The molecule has 1 fully saturated rings. The molecular weight excluding hydrogens is 349 g/mol. The third-order valence-corrected chi connectivity index (χ3v) is 4.60. The van der Waals surface area contributed by atoms with Gasteiger partial charge in [0.15, 0.2) is 0 Å². The van der Waals surface area contributed by atoms with Crippen molar-refractivity contribution in [1.29, 1.82) is 0 Å². The molecule has 1 aliphatic carbocycles. The van der Waals surface area contributed by atoms with E-state index >= 15 is 0 Å². The van der Waals surface area contributed by atoms with Crippen molar-refractivity contribution in [3.63, 3.8) is 0 Å². The van der Waals surface area contributed by atoms with Crippen LogP contribution in [0.2, 0.25) is 5.02 Å². The van der Waals surface area contributed by atoms with Crippen LogP contribution in [0.3, 0.4) is 0 Å². The van der Waals surface area contributed by atoms with Crippen molar-refractivity contribution < 1.29 is 14.4 Å². The summed E-state index contributed by atoms with van der Waals surface area (Å²) in [4.78, 5) is 12.7. The molecule has 9 heteroatoms. The number of hydrogen-bond acceptors (Lipinski definition) is 5. The number of hydrogen-bond donors (Lipinski definition) is 3. The molecule has 0 spiro atoms. The Morgan fingerprint density at radius 1 is 1.56 bits per heavy atom. The molecule has 4 N–H and O–H groups in total. The van der Waals surface area contributed by atoms with Crippen LogP contribution >= 0.6 is 11.6 Å². The number of aromatic nitrogens is 2. The lowest BCUT2D eigenvalue weighted by atomic mass is 9.99. The molecule has 1 aromatic heterocycles. The number of nitrogen functional groups attached to an aromatic ring is 1. The summed E-state index contributed by atoms with van der Waals surface area (Å²) in [6, 6.07) is 3.91. The van der Waals surface area contributed by atoms with Crippen LogP contribution in [0.4, 0.5) is 15.9 Å². The van der Waals surface area contributed by atoms with E-state index in [2.05, 4.69) is 15.6 Å². The number of nitrogens with zero attached hydrogens (tertiary/aromatic N) is 3. The lowest BCUT2D eigenvalue weighted by Crippen LogP contribution is -2.16. The second kappa shape index (κ2) is 6.72. The Kier molecular flexibility index (Phi) is 4.63. The van der Waals surface area contributed by atoms with Crippen molar-refractivity contribution in [3.05, 3.63) is 40.3 Å². The average Bonchev–Trinajstić information content (AvgIpc) is 3.16. The molecule has 1 aromatic carbocycles. The molecule has 1 heterocycles. The van der Waals surface area contributed by atoms with Crippen LogP contribution in [0.25, 0.3) is 0 Å². The lowest BCUT2D eigenvalue weighted by Gasteiger charge is -2.10. The first kappa shape index (κ1) is 17.2. The second-order valence-electron chi connectivity index (χ2n) is 5.96. The van der Waals surface area contributed by atoms with E-state index in [9.17, 15) is 9.18 Å². The summed E-state index contributed by atoms with van der Waals surface area (Å²) in [6.07, 6.45) is 1.89. The van der Waals surface area contributed by atoms with Crippen molar-refractivity contribution in [3.8, 4) is 0 Å². The van der Waals surface area contributed by atoms with Crippen LogP contribution in [0.5, 0.6) is 0 Å². The van der Waals surface area contributed by atoms with Gasteiger partial charge in [-0.15, -0.1) is 0 Å². The number of halogens is 2. The van der Waals surface area contributed by atoms with Gasteiger partial charge in [-0.25, -0.2) is 4.39 Å². The fourth-order valence-corrected chi connectivity index (χ4v) is 3.18. The van der Waals surface area contributed by atoms with Crippen LogP contribution in [0.1, 0.15) is 41.2 Å². The maximum Gasteiger partial charge on any atom is 0.261 e. The van der Waals surface area contributed by atoms with Crippen LogP contribution in [-0.4, -0.2) is 26.6 Å². The molecule has 1 atom stereocenters. The maximum atomic E-state index is 13.3. The van der Waals surface area contributed by atoms with E-state index in [4.69, 9.17) is 22.5 Å². The van der Waals surface area contributed by atoms with Gasteiger partial charge in [0.1, 0.15) is 17.2 Å². The summed E-state index contributed by atoms with van der Waals surface area (Å²) in [7, 11) is 1.65. The summed E-state index contributed by atoms with van der Waals surface area (Å²) in [5, 5.41) is 19.1. The number of aryl methyl sites for hydroxylation is 1. The van der Waals surface area contributed by atoms with Gasteiger partial charge < -0.3 is 16.3 Å². The van der Waals surface area contributed by atoms with E-state index in [-0.39, 0.29) is 22.3 Å². The highest BCUT2D eigenvalue weighted by Crippen LogP contribution is 2.36. The Morgan fingerprint density at radius 3 is 2.96 bits per heavy atom. The minimum atomic E-state index is -0.567. The van der Waals surface area contributed by atoms with E-state index in [0.29, 0.717) is 29.9 Å². The van der Waals surface area contributed by atoms with Crippen LogP contribution in [-0.2, 0) is 7.05 Å². The predicted molar refractivity (Wildman–Crippen MR) is 92.8 cm³/mol. The Balaban J connectivity index is 1.90. The number of amides is 1. The third kappa shape index (κ3) is 3.30. The van der Waals surface area contributed by atoms with Crippen LogP contribution < -0.4 is 11.1 Å². The molecule has 1 saturated carbocycles. The zero-order valence-electron chi connectivity index (χ0n) is 13.5. The molecule has 1 amide bonds. The molecule has 0 saturated heterocycles. The standard InChI is InChI=1S/C16H17ClFN5O2/c1-23-15(19)13(14(21-23)8-2-3-10(6-8)22-25)16(24)20-9-4-5-12(18)11(17)7-9/h4-5,7-8,25H,2-3,6,19H2,1H3,(H,20,24). The number of carbonyl (C=O) groups is 1. The van der Waals surface area contributed by atoms with Crippen molar-refractivity contribution in [2.75, 3.05) is 11.1 Å². The molecule has 3 rings (SSSR count). The lowest BCUT2D eigenvalue weighted by molar-refractivity contribution is 0.102. The van der Waals surface area contributed by atoms with Gasteiger partial charge in [0.25, 0.3) is 5.91 Å². The third-order valence-electron chi connectivity index (χ3n) is 4.31. The SMILES string of the molecule is Cn1nc(C2CCC(=NO)C2)c(C(=O)Nc2ccc(F)c(Cl)c2)c1N. The van der Waals surface area contributed by atoms with E-state index in [1.165, 1.54) is 22.9 Å². The summed E-state index contributed by atoms with van der Waals surface area (Å²) < 4.78 is 14.7. The summed E-state index contributed by atoms with van der Waals surface area (Å²) >= 11 is 5.74. The van der Waals surface area contributed by atoms with Gasteiger partial charge in [-0.1, -0.05) is 16.8 Å². The Bertz CT molecular complexity index is 864. The average molecular weight is 366 g/mol. The predicted octanol–water partition coefficient (Wildman–Crippen LogP) is 3.14. The van der Waals surface area contributed by atoms with Gasteiger partial charge in [0.05, 0.1) is 16.4 Å². The minimum Gasteiger partial charge on any atom is -0.411 e. The van der Waals surface area contributed by atoms with Gasteiger partial charge in [-0.2, -0.15) is 5.10 Å². The number of oxime groups is 1. The van der Waals surface area contributed by atoms with Crippen molar-refractivity contribution in [2.45, 2.75) is 25.2 Å². The summed E-state index contributed by atoms with van der Waals surface area (Å²) in [6.45, 7) is 0. The van der Waals surface area contributed by atoms with Gasteiger partial charge in [0, 0.05) is 18.7 Å². The Hall–Kier alpha value is -2.61. The molecule has 0 radical (unpaired) electrons. The largest absolute Gasteiger partial charge is 0.411 e. The number of anilines is 2. The first-order chi connectivity index (χ1) is 11.9. The first-order valence-electron chi connectivity index (χ1n) is 7.69. The number of carbonyl (C=O) groups excluding carboxylic acids is 1. The Labute approximate surface area is 148 Å². The molecule has 0 aliphatic heterocycles. The maximum absolute atomic E-state index is 13.3. The number of rotatable bonds is 3. The highest BCUT2D eigenvalue weighted by atomic mass is 35.5. The molecule has 1 aliphatic rings. The van der Waals surface area contributed by atoms with Crippen molar-refractivity contribution in [1.82, 2.24) is 9.78 Å². The molecule has 1 unspecified atom stereocenters. The topological polar surface area (TPSA) is 106 Å².